The Morgan fingerprint density at radius 2 is 2.03 bits per heavy atom. The molecule has 7 nitrogen and oxygen atoms in total. The molecule has 2 fully saturated rings. The molecule has 4 N–H and O–H groups in total. The third-order valence-corrected chi connectivity index (χ3v) is 6.46. The van der Waals surface area contributed by atoms with Crippen molar-refractivity contribution in [3.05, 3.63) is 24.3 Å². The molecule has 0 amide bonds. The van der Waals surface area contributed by atoms with Gasteiger partial charge in [0.25, 0.3) is 0 Å². The SMILES string of the molecule is CSc1nc(N2CCCC(O)C2)nc(Nc2cccc(N3CCC[C@@H]3C)c2)c1N. The minimum absolute atomic E-state index is 0.335. The van der Waals surface area contributed by atoms with Crippen LogP contribution in [0.15, 0.2) is 29.3 Å². The molecule has 1 aromatic heterocycles. The number of nitrogens with one attached hydrogen (secondary N) is 1. The zero-order valence-electron chi connectivity index (χ0n) is 17.1. The maximum atomic E-state index is 10.0. The van der Waals surface area contributed by atoms with E-state index >= 15 is 0 Å². The summed E-state index contributed by atoms with van der Waals surface area (Å²) in [5, 5.41) is 14.2. The molecule has 4 rings (SSSR count). The van der Waals surface area contributed by atoms with E-state index in [4.69, 9.17) is 10.7 Å². The number of aliphatic hydroxyl groups excluding tert-OH is 1. The van der Waals surface area contributed by atoms with E-state index in [9.17, 15) is 5.11 Å². The highest BCUT2D eigenvalue weighted by Crippen LogP contribution is 2.33. The molecule has 1 unspecified atom stereocenters. The summed E-state index contributed by atoms with van der Waals surface area (Å²) in [4.78, 5) is 13.8. The van der Waals surface area contributed by atoms with Crippen LogP contribution in [0.2, 0.25) is 0 Å². The summed E-state index contributed by atoms with van der Waals surface area (Å²) < 4.78 is 0. The number of rotatable bonds is 5. The number of nitrogens with zero attached hydrogens (tertiary/aromatic N) is 4. The normalized spacial score (nSPS) is 22.2. The first-order valence-corrected chi connectivity index (χ1v) is 11.6. The van der Waals surface area contributed by atoms with Gasteiger partial charge in [-0.2, -0.15) is 4.98 Å². The molecule has 2 aromatic rings. The largest absolute Gasteiger partial charge is 0.394 e. The van der Waals surface area contributed by atoms with Crippen molar-refractivity contribution >= 4 is 40.6 Å². The van der Waals surface area contributed by atoms with Gasteiger partial charge in [-0.1, -0.05) is 6.07 Å². The Hall–Kier alpha value is -2.19. The fourth-order valence-corrected chi connectivity index (χ4v) is 4.67. The lowest BCUT2D eigenvalue weighted by atomic mass is 10.1. The summed E-state index contributed by atoms with van der Waals surface area (Å²) in [6.07, 6.45) is 5.86. The van der Waals surface area contributed by atoms with E-state index in [2.05, 4.69) is 40.3 Å². The van der Waals surface area contributed by atoms with Crippen LogP contribution in [0.1, 0.15) is 32.6 Å². The fourth-order valence-electron chi connectivity index (χ4n) is 4.18. The highest BCUT2D eigenvalue weighted by atomic mass is 32.2. The number of aliphatic hydroxyl groups is 1. The van der Waals surface area contributed by atoms with E-state index in [1.807, 2.05) is 17.2 Å². The molecule has 0 radical (unpaired) electrons. The number of piperidine rings is 1. The lowest BCUT2D eigenvalue weighted by molar-refractivity contribution is 0.153. The summed E-state index contributed by atoms with van der Waals surface area (Å²) >= 11 is 1.51. The first kappa shape index (κ1) is 20.1. The Morgan fingerprint density at radius 1 is 1.21 bits per heavy atom. The summed E-state index contributed by atoms with van der Waals surface area (Å²) in [5.74, 6) is 1.24. The second-order valence-corrected chi connectivity index (χ2v) is 8.69. The predicted octanol–water partition coefficient (Wildman–Crippen LogP) is 3.47. The monoisotopic (exact) mass is 414 g/mol. The molecule has 0 bridgehead atoms. The summed E-state index contributed by atoms with van der Waals surface area (Å²) in [6, 6.07) is 8.98. The number of hydrogen-bond donors (Lipinski definition) is 3. The fraction of sp³-hybridized carbons (Fsp3) is 0.524. The van der Waals surface area contributed by atoms with Crippen LogP contribution in [0, 0.1) is 0 Å². The van der Waals surface area contributed by atoms with Gasteiger partial charge in [-0.3, -0.25) is 0 Å². The van der Waals surface area contributed by atoms with Crippen molar-refractivity contribution in [2.45, 2.75) is 49.8 Å². The number of thioether (sulfide) groups is 1. The van der Waals surface area contributed by atoms with Crippen LogP contribution in [-0.4, -0.2) is 53.1 Å². The molecule has 0 saturated carbocycles. The molecule has 1 aromatic carbocycles. The maximum Gasteiger partial charge on any atom is 0.228 e. The van der Waals surface area contributed by atoms with E-state index in [1.165, 1.54) is 30.3 Å². The minimum Gasteiger partial charge on any atom is -0.394 e. The zero-order chi connectivity index (χ0) is 20.4. The molecule has 156 valence electrons. The molecule has 29 heavy (non-hydrogen) atoms. The summed E-state index contributed by atoms with van der Waals surface area (Å²) in [5.41, 5.74) is 9.10. The topological polar surface area (TPSA) is 90.5 Å². The van der Waals surface area contributed by atoms with Gasteiger partial charge in [-0.05, 0) is 57.1 Å². The van der Waals surface area contributed by atoms with Gasteiger partial charge >= 0.3 is 0 Å². The summed E-state index contributed by atoms with van der Waals surface area (Å²) in [7, 11) is 0. The molecular weight excluding hydrogens is 384 g/mol. The van der Waals surface area contributed by atoms with Crippen LogP contribution >= 0.6 is 11.8 Å². The van der Waals surface area contributed by atoms with Crippen molar-refractivity contribution < 1.29 is 5.11 Å². The van der Waals surface area contributed by atoms with Crippen LogP contribution < -0.4 is 20.9 Å². The van der Waals surface area contributed by atoms with Gasteiger partial charge in [-0.15, -0.1) is 11.8 Å². The Labute approximate surface area is 176 Å². The van der Waals surface area contributed by atoms with Crippen molar-refractivity contribution in [2.24, 2.45) is 0 Å². The van der Waals surface area contributed by atoms with E-state index in [-0.39, 0.29) is 6.10 Å². The minimum atomic E-state index is -0.335. The standard InChI is InChI=1S/C21H30N6OS/c1-14-6-4-11-27(14)16-8-3-7-15(12-16)23-19-18(22)20(29-2)25-21(24-19)26-10-5-9-17(28)13-26/h3,7-8,12,14,17,28H,4-6,9-11,13,22H2,1-2H3,(H,23,24,25)/t14-,17?/m0/s1. The van der Waals surface area contributed by atoms with E-state index in [0.717, 1.165) is 36.6 Å². The number of hydrogen-bond acceptors (Lipinski definition) is 8. The quantitative estimate of drug-likeness (QED) is 0.506. The third-order valence-electron chi connectivity index (χ3n) is 5.77. The van der Waals surface area contributed by atoms with Gasteiger partial charge in [0.05, 0.1) is 6.10 Å². The molecule has 8 heteroatoms. The lowest BCUT2D eigenvalue weighted by Gasteiger charge is -2.30. The Kier molecular flexibility index (Phi) is 6.01. The van der Waals surface area contributed by atoms with E-state index in [1.54, 1.807) is 0 Å². The van der Waals surface area contributed by atoms with Gasteiger partial charge in [0, 0.05) is 37.1 Å². The van der Waals surface area contributed by atoms with Crippen molar-refractivity contribution in [2.75, 3.05) is 46.7 Å². The summed E-state index contributed by atoms with van der Waals surface area (Å²) in [6.45, 7) is 4.77. The third kappa shape index (κ3) is 4.38. The van der Waals surface area contributed by atoms with E-state index < -0.39 is 0 Å². The number of nitrogens with two attached hydrogens (primary N) is 1. The van der Waals surface area contributed by atoms with Gasteiger partial charge in [0.1, 0.15) is 10.7 Å². The molecule has 2 atom stereocenters. The highest BCUT2D eigenvalue weighted by molar-refractivity contribution is 7.98. The zero-order valence-corrected chi connectivity index (χ0v) is 18.0. The number of β-amino-alcohol motifs (C(OH)–C–C–N with tert-alkyl or cyclic N) is 1. The average molecular weight is 415 g/mol. The molecule has 0 spiro atoms. The van der Waals surface area contributed by atoms with Gasteiger partial charge in [0.15, 0.2) is 5.82 Å². The Morgan fingerprint density at radius 3 is 2.76 bits per heavy atom. The smallest absolute Gasteiger partial charge is 0.228 e. The van der Waals surface area contributed by atoms with Crippen molar-refractivity contribution in [3.8, 4) is 0 Å². The molecule has 3 heterocycles. The van der Waals surface area contributed by atoms with E-state index in [0.29, 0.717) is 30.0 Å². The second kappa shape index (κ2) is 8.67. The number of anilines is 5. The van der Waals surface area contributed by atoms with Crippen LogP contribution in [-0.2, 0) is 0 Å². The first-order valence-electron chi connectivity index (χ1n) is 10.3. The molecule has 0 aliphatic carbocycles. The predicted molar refractivity (Wildman–Crippen MR) is 121 cm³/mol. The molecule has 2 aliphatic heterocycles. The number of benzene rings is 1. The Balaban J connectivity index is 1.62. The molecule has 2 aliphatic rings. The second-order valence-electron chi connectivity index (χ2n) is 7.90. The van der Waals surface area contributed by atoms with Gasteiger partial charge in [-0.25, -0.2) is 4.98 Å². The van der Waals surface area contributed by atoms with Crippen molar-refractivity contribution in [1.29, 1.82) is 0 Å². The first-order chi connectivity index (χ1) is 14.0. The lowest BCUT2D eigenvalue weighted by Crippen LogP contribution is -2.39. The van der Waals surface area contributed by atoms with Crippen LogP contribution in [0.3, 0.4) is 0 Å². The molecular formula is C21H30N6OS. The molecule has 2 saturated heterocycles. The average Bonchev–Trinajstić information content (AvgIpc) is 3.15. The highest BCUT2D eigenvalue weighted by Gasteiger charge is 2.23. The van der Waals surface area contributed by atoms with Gasteiger partial charge in [0.2, 0.25) is 5.95 Å². The maximum absolute atomic E-state index is 10.0. The van der Waals surface area contributed by atoms with Crippen LogP contribution in [0.25, 0.3) is 0 Å². The van der Waals surface area contributed by atoms with Crippen molar-refractivity contribution in [1.82, 2.24) is 9.97 Å². The number of nitrogen functional groups attached to an aromatic ring is 1. The Bertz CT molecular complexity index is 863. The van der Waals surface area contributed by atoms with Gasteiger partial charge < -0.3 is 26.0 Å². The van der Waals surface area contributed by atoms with Crippen molar-refractivity contribution in [3.63, 3.8) is 0 Å². The van der Waals surface area contributed by atoms with Crippen LogP contribution in [0.5, 0.6) is 0 Å². The van der Waals surface area contributed by atoms with Crippen LogP contribution in [0.4, 0.5) is 28.8 Å². The number of aromatic nitrogens is 2.